The maximum atomic E-state index is 13.1. The zero-order valence-electron chi connectivity index (χ0n) is 10.3. The molecule has 0 saturated carbocycles. The maximum absolute atomic E-state index is 13.1. The van der Waals surface area contributed by atoms with E-state index in [-0.39, 0.29) is 18.5 Å². The highest BCUT2D eigenvalue weighted by Crippen LogP contribution is 2.25. The molecule has 0 aliphatic heterocycles. The van der Waals surface area contributed by atoms with Crippen molar-refractivity contribution in [1.82, 2.24) is 14.8 Å². The second-order valence-corrected chi connectivity index (χ2v) is 4.06. The van der Waals surface area contributed by atoms with Crippen molar-refractivity contribution in [3.63, 3.8) is 0 Å². The molecule has 5 nitrogen and oxygen atoms in total. The van der Waals surface area contributed by atoms with E-state index >= 15 is 0 Å². The largest absolute Gasteiger partial charge is 0.485 e. The molecule has 0 fully saturated rings. The molecule has 1 atom stereocenters. The molecule has 6 heteroatoms. The molecule has 0 aliphatic rings. The number of rotatable bonds is 4. The first kappa shape index (κ1) is 12.5. The highest BCUT2D eigenvalue weighted by atomic mass is 19.1. The maximum Gasteiger partial charge on any atom is 0.164 e. The quantitative estimate of drug-likeness (QED) is 0.894. The zero-order valence-corrected chi connectivity index (χ0v) is 10.3. The Morgan fingerprint density at radius 3 is 2.89 bits per heavy atom. The number of hydrogen-bond donors (Lipinski definition) is 1. The molecule has 0 spiro atoms. The van der Waals surface area contributed by atoms with Crippen molar-refractivity contribution in [2.45, 2.75) is 19.6 Å². The SMILES string of the molecule is CC(N)c1cc(F)ccc1OCc1ncnn1C. The van der Waals surface area contributed by atoms with Gasteiger partial charge in [0.15, 0.2) is 5.82 Å². The van der Waals surface area contributed by atoms with Crippen LogP contribution in [-0.2, 0) is 13.7 Å². The number of aromatic nitrogens is 3. The van der Waals surface area contributed by atoms with Crippen LogP contribution in [0.2, 0.25) is 0 Å². The van der Waals surface area contributed by atoms with E-state index in [1.54, 1.807) is 24.7 Å². The van der Waals surface area contributed by atoms with Crippen LogP contribution in [0, 0.1) is 5.82 Å². The number of halogens is 1. The molecule has 2 N–H and O–H groups in total. The number of nitrogens with two attached hydrogens (primary N) is 1. The van der Waals surface area contributed by atoms with Gasteiger partial charge in [0.25, 0.3) is 0 Å². The van der Waals surface area contributed by atoms with Gasteiger partial charge < -0.3 is 10.5 Å². The fourth-order valence-electron chi connectivity index (χ4n) is 1.60. The minimum atomic E-state index is -0.326. The fourth-order valence-corrected chi connectivity index (χ4v) is 1.60. The van der Waals surface area contributed by atoms with Crippen LogP contribution >= 0.6 is 0 Å². The Kier molecular flexibility index (Phi) is 3.57. The van der Waals surface area contributed by atoms with E-state index in [2.05, 4.69) is 10.1 Å². The summed E-state index contributed by atoms with van der Waals surface area (Å²) in [6.45, 7) is 2.05. The Hall–Kier alpha value is -1.95. The molecule has 2 rings (SSSR count). The van der Waals surface area contributed by atoms with E-state index in [9.17, 15) is 4.39 Å². The second kappa shape index (κ2) is 5.14. The van der Waals surface area contributed by atoms with Gasteiger partial charge in [0.2, 0.25) is 0 Å². The molecule has 0 amide bonds. The van der Waals surface area contributed by atoms with Crippen LogP contribution in [-0.4, -0.2) is 14.8 Å². The number of hydrogen-bond acceptors (Lipinski definition) is 4. The van der Waals surface area contributed by atoms with Crippen molar-refractivity contribution in [3.05, 3.63) is 41.7 Å². The molecule has 0 bridgehead atoms. The molecule has 96 valence electrons. The van der Waals surface area contributed by atoms with Gasteiger partial charge in [-0.2, -0.15) is 5.10 Å². The van der Waals surface area contributed by atoms with Crippen LogP contribution in [0.4, 0.5) is 4.39 Å². The highest BCUT2D eigenvalue weighted by Gasteiger charge is 2.10. The minimum Gasteiger partial charge on any atom is -0.485 e. The molecular formula is C12H15FN4O. The van der Waals surface area contributed by atoms with Crippen molar-refractivity contribution < 1.29 is 9.13 Å². The first-order valence-corrected chi connectivity index (χ1v) is 5.58. The van der Waals surface area contributed by atoms with Crippen molar-refractivity contribution in [2.24, 2.45) is 12.8 Å². The Morgan fingerprint density at radius 2 is 2.28 bits per heavy atom. The Morgan fingerprint density at radius 1 is 1.50 bits per heavy atom. The van der Waals surface area contributed by atoms with Gasteiger partial charge in [-0.15, -0.1) is 0 Å². The fraction of sp³-hybridized carbons (Fsp3) is 0.333. The summed E-state index contributed by atoms with van der Waals surface area (Å²) in [4.78, 5) is 4.04. The zero-order chi connectivity index (χ0) is 13.1. The summed E-state index contributed by atoms with van der Waals surface area (Å²) >= 11 is 0. The predicted octanol–water partition coefficient (Wildman–Crippen LogP) is 1.55. The Labute approximate surface area is 104 Å². The third-order valence-electron chi connectivity index (χ3n) is 2.62. The van der Waals surface area contributed by atoms with Crippen molar-refractivity contribution in [1.29, 1.82) is 0 Å². The van der Waals surface area contributed by atoms with Crippen molar-refractivity contribution >= 4 is 0 Å². The summed E-state index contributed by atoms with van der Waals surface area (Å²) in [6.07, 6.45) is 1.45. The molecule has 1 aromatic heterocycles. The van der Waals surface area contributed by atoms with Crippen LogP contribution in [0.1, 0.15) is 24.4 Å². The van der Waals surface area contributed by atoms with Gasteiger partial charge in [-0.05, 0) is 25.1 Å². The van der Waals surface area contributed by atoms with Gasteiger partial charge in [-0.25, -0.2) is 9.37 Å². The van der Waals surface area contributed by atoms with E-state index in [1.807, 2.05) is 0 Å². The van der Waals surface area contributed by atoms with Crippen LogP contribution in [0.5, 0.6) is 5.75 Å². The number of aryl methyl sites for hydroxylation is 1. The van der Waals surface area contributed by atoms with Crippen LogP contribution < -0.4 is 10.5 Å². The molecule has 1 unspecified atom stereocenters. The smallest absolute Gasteiger partial charge is 0.164 e. The first-order valence-electron chi connectivity index (χ1n) is 5.58. The van der Waals surface area contributed by atoms with E-state index in [1.165, 1.54) is 18.5 Å². The van der Waals surface area contributed by atoms with Gasteiger partial charge in [-0.3, -0.25) is 4.68 Å². The molecule has 0 radical (unpaired) electrons. The molecule has 1 heterocycles. The average Bonchev–Trinajstić information content (AvgIpc) is 2.73. The third kappa shape index (κ3) is 2.65. The predicted molar refractivity (Wildman–Crippen MR) is 64.3 cm³/mol. The summed E-state index contributed by atoms with van der Waals surface area (Å²) in [7, 11) is 1.78. The van der Waals surface area contributed by atoms with Crippen LogP contribution in [0.25, 0.3) is 0 Å². The summed E-state index contributed by atoms with van der Waals surface area (Å²) in [5.74, 6) is 0.928. The second-order valence-electron chi connectivity index (χ2n) is 4.06. The molecule has 2 aromatic rings. The first-order chi connectivity index (χ1) is 8.58. The van der Waals surface area contributed by atoms with E-state index in [4.69, 9.17) is 10.5 Å². The van der Waals surface area contributed by atoms with Gasteiger partial charge in [-0.1, -0.05) is 0 Å². The average molecular weight is 250 g/mol. The normalized spacial score (nSPS) is 12.4. The topological polar surface area (TPSA) is 66.0 Å². The lowest BCUT2D eigenvalue weighted by Gasteiger charge is -2.13. The highest BCUT2D eigenvalue weighted by molar-refractivity contribution is 5.36. The molecular weight excluding hydrogens is 235 g/mol. The summed E-state index contributed by atoms with van der Waals surface area (Å²) in [5, 5.41) is 3.94. The van der Waals surface area contributed by atoms with Crippen LogP contribution in [0.3, 0.4) is 0 Å². The van der Waals surface area contributed by atoms with Gasteiger partial charge in [0.05, 0.1) is 0 Å². The Balaban J connectivity index is 2.16. The summed E-state index contributed by atoms with van der Waals surface area (Å²) in [6, 6.07) is 4.01. The van der Waals surface area contributed by atoms with E-state index in [0.717, 1.165) is 0 Å². The minimum absolute atomic E-state index is 0.266. The third-order valence-corrected chi connectivity index (χ3v) is 2.62. The molecule has 18 heavy (non-hydrogen) atoms. The number of nitrogens with zero attached hydrogens (tertiary/aromatic N) is 3. The van der Waals surface area contributed by atoms with Gasteiger partial charge in [0, 0.05) is 18.7 Å². The number of benzene rings is 1. The molecule has 0 aliphatic carbocycles. The van der Waals surface area contributed by atoms with Gasteiger partial charge in [0.1, 0.15) is 24.5 Å². The monoisotopic (exact) mass is 250 g/mol. The standard InChI is InChI=1S/C12H15FN4O/c1-8(14)10-5-9(13)3-4-11(10)18-6-12-15-7-16-17(12)2/h3-5,7-8H,6,14H2,1-2H3. The van der Waals surface area contributed by atoms with Crippen molar-refractivity contribution in [3.8, 4) is 5.75 Å². The van der Waals surface area contributed by atoms with Crippen molar-refractivity contribution in [2.75, 3.05) is 0 Å². The Bertz CT molecular complexity index is 539. The summed E-state index contributed by atoms with van der Waals surface area (Å²) in [5.41, 5.74) is 6.42. The van der Waals surface area contributed by atoms with E-state index in [0.29, 0.717) is 17.1 Å². The number of ether oxygens (including phenoxy) is 1. The van der Waals surface area contributed by atoms with E-state index < -0.39 is 0 Å². The lowest BCUT2D eigenvalue weighted by atomic mass is 10.1. The molecule has 0 saturated heterocycles. The lowest BCUT2D eigenvalue weighted by molar-refractivity contribution is 0.285. The molecule has 1 aromatic carbocycles. The lowest BCUT2D eigenvalue weighted by Crippen LogP contribution is -2.10. The van der Waals surface area contributed by atoms with Gasteiger partial charge >= 0.3 is 0 Å². The summed E-state index contributed by atoms with van der Waals surface area (Å²) < 4.78 is 20.4. The van der Waals surface area contributed by atoms with Crippen LogP contribution in [0.15, 0.2) is 24.5 Å².